The minimum Gasteiger partial charge on any atom is -0.508 e. The predicted octanol–water partition coefficient (Wildman–Crippen LogP) is -0.744. The van der Waals surface area contributed by atoms with Crippen LogP contribution in [0.4, 0.5) is 0 Å². The maximum atomic E-state index is 10.4. The third-order valence-electron chi connectivity index (χ3n) is 1.71. The van der Waals surface area contributed by atoms with E-state index in [2.05, 4.69) is 11.7 Å². The molecule has 1 unspecified atom stereocenters. The zero-order chi connectivity index (χ0) is 15.4. The number of rotatable bonds is 3. The first kappa shape index (κ1) is 19.2. The van der Waals surface area contributed by atoms with Crippen LogP contribution in [0.1, 0.15) is 12.5 Å². The Morgan fingerprint density at radius 2 is 1.53 bits per heavy atom. The molecule has 0 amide bonds. The number of benzene rings is 1. The Morgan fingerprint density at radius 3 is 1.84 bits per heavy atom. The molecule has 0 aliphatic carbocycles. The van der Waals surface area contributed by atoms with Gasteiger partial charge in [0, 0.05) is 6.92 Å². The van der Waals surface area contributed by atoms with Crippen LogP contribution in [0.3, 0.4) is 0 Å². The Morgan fingerprint density at radius 1 is 1.16 bits per heavy atom. The zero-order valence-corrected chi connectivity index (χ0v) is 10.5. The molecular formula is C11H19N3O5. The fourth-order valence-corrected chi connectivity index (χ4v) is 0.973. The van der Waals surface area contributed by atoms with Gasteiger partial charge in [0.2, 0.25) is 0 Å². The fraction of sp³-hybridized carbons (Fsp3) is 0.273. The third-order valence-corrected chi connectivity index (χ3v) is 1.71. The summed E-state index contributed by atoms with van der Waals surface area (Å²) >= 11 is 0. The highest BCUT2D eigenvalue weighted by molar-refractivity contribution is 5.73. The number of carbonyl (C=O) groups is 2. The number of phenols is 1. The van der Waals surface area contributed by atoms with Crippen molar-refractivity contribution in [1.82, 2.24) is 0 Å². The molecule has 19 heavy (non-hydrogen) atoms. The molecule has 1 rings (SSSR count). The van der Waals surface area contributed by atoms with Crippen LogP contribution >= 0.6 is 0 Å². The molecule has 0 aliphatic rings. The second-order valence-electron chi connectivity index (χ2n) is 3.33. The van der Waals surface area contributed by atoms with E-state index in [9.17, 15) is 4.79 Å². The summed E-state index contributed by atoms with van der Waals surface area (Å²) in [6, 6.07) is 5.42. The van der Waals surface area contributed by atoms with Crippen molar-refractivity contribution in [2.24, 2.45) is 17.4 Å². The number of carboxylic acids is 2. The smallest absolute Gasteiger partial charge is 0.320 e. The molecular weight excluding hydrogens is 254 g/mol. The number of hydrogen-bond acceptors (Lipinski definition) is 6. The van der Waals surface area contributed by atoms with Gasteiger partial charge in [-0.3, -0.25) is 21.3 Å². The zero-order valence-electron chi connectivity index (χ0n) is 10.5. The van der Waals surface area contributed by atoms with E-state index in [1.807, 2.05) is 0 Å². The Hall–Kier alpha value is -2.16. The number of hydrazine groups is 1. The number of aromatic hydroxyl groups is 1. The molecule has 0 heterocycles. The molecule has 1 atom stereocenters. The van der Waals surface area contributed by atoms with Crippen molar-refractivity contribution in [3.8, 4) is 5.75 Å². The predicted molar refractivity (Wildman–Crippen MR) is 69.1 cm³/mol. The average molecular weight is 273 g/mol. The Balaban J connectivity index is 0. The summed E-state index contributed by atoms with van der Waals surface area (Å²) in [6.07, 6.45) is 0.273. The molecule has 0 aromatic heterocycles. The molecule has 8 heteroatoms. The van der Waals surface area contributed by atoms with Crippen molar-refractivity contribution in [1.29, 1.82) is 0 Å². The molecule has 0 saturated carbocycles. The standard InChI is InChI=1S/C9H11NO3.C2H4O2.H4N2/c10-8(9(12)13)5-6-1-3-7(11)4-2-6;1-2(3)4;1-2/h1-4,8,11H,5,10H2,(H,12,13);1H3,(H,3,4);1-2H2. The van der Waals surface area contributed by atoms with E-state index in [0.29, 0.717) is 0 Å². The van der Waals surface area contributed by atoms with E-state index in [1.165, 1.54) is 12.1 Å². The SMILES string of the molecule is CC(=O)O.NC(Cc1ccc(O)cc1)C(=O)O.NN. The van der Waals surface area contributed by atoms with Crippen LogP contribution in [0.5, 0.6) is 5.75 Å². The highest BCUT2D eigenvalue weighted by Gasteiger charge is 2.11. The van der Waals surface area contributed by atoms with Gasteiger partial charge < -0.3 is 21.1 Å². The lowest BCUT2D eigenvalue weighted by molar-refractivity contribution is -0.138. The summed E-state index contributed by atoms with van der Waals surface area (Å²) < 4.78 is 0. The largest absolute Gasteiger partial charge is 0.508 e. The summed E-state index contributed by atoms with van der Waals surface area (Å²) in [4.78, 5) is 19.4. The van der Waals surface area contributed by atoms with Crippen LogP contribution in [0, 0.1) is 0 Å². The Labute approximate surface area is 110 Å². The molecule has 0 spiro atoms. The fourth-order valence-electron chi connectivity index (χ4n) is 0.973. The first-order valence-corrected chi connectivity index (χ1v) is 5.12. The molecule has 9 N–H and O–H groups in total. The summed E-state index contributed by atoms with van der Waals surface area (Å²) in [6.45, 7) is 1.08. The lowest BCUT2D eigenvalue weighted by atomic mass is 10.1. The van der Waals surface area contributed by atoms with Crippen molar-refractivity contribution in [2.75, 3.05) is 0 Å². The van der Waals surface area contributed by atoms with Gasteiger partial charge in [-0.15, -0.1) is 0 Å². The molecule has 108 valence electrons. The maximum Gasteiger partial charge on any atom is 0.320 e. The van der Waals surface area contributed by atoms with Crippen molar-refractivity contribution >= 4 is 11.9 Å². The van der Waals surface area contributed by atoms with Crippen LogP contribution in [0.2, 0.25) is 0 Å². The summed E-state index contributed by atoms with van der Waals surface area (Å²) in [5.74, 6) is 6.31. The number of carboxylic acid groups (broad SMARTS) is 2. The minimum atomic E-state index is -1.02. The summed E-state index contributed by atoms with van der Waals surface area (Å²) in [5, 5.41) is 24.9. The quantitative estimate of drug-likeness (QED) is 0.308. The summed E-state index contributed by atoms with van der Waals surface area (Å²) in [7, 11) is 0. The van der Waals surface area contributed by atoms with Crippen LogP contribution in [-0.2, 0) is 16.0 Å². The normalized spacial score (nSPS) is 10.1. The molecule has 0 bridgehead atoms. The van der Waals surface area contributed by atoms with Crippen LogP contribution in [-0.4, -0.2) is 33.3 Å². The average Bonchev–Trinajstić information content (AvgIpc) is 2.34. The van der Waals surface area contributed by atoms with Crippen LogP contribution in [0.15, 0.2) is 24.3 Å². The molecule has 0 radical (unpaired) electrons. The number of hydrogen-bond donors (Lipinski definition) is 6. The van der Waals surface area contributed by atoms with E-state index in [4.69, 9.17) is 25.8 Å². The summed E-state index contributed by atoms with van der Waals surface area (Å²) in [5.41, 5.74) is 6.12. The first-order valence-electron chi connectivity index (χ1n) is 5.12. The number of aliphatic carboxylic acids is 2. The van der Waals surface area contributed by atoms with E-state index >= 15 is 0 Å². The van der Waals surface area contributed by atoms with E-state index in [1.54, 1.807) is 12.1 Å². The van der Waals surface area contributed by atoms with Gasteiger partial charge in [-0.25, -0.2) is 0 Å². The van der Waals surface area contributed by atoms with E-state index in [-0.39, 0.29) is 12.2 Å². The number of nitrogens with two attached hydrogens (primary N) is 3. The van der Waals surface area contributed by atoms with Gasteiger partial charge in [-0.05, 0) is 24.1 Å². The lowest BCUT2D eigenvalue weighted by Crippen LogP contribution is -2.32. The van der Waals surface area contributed by atoms with Crippen LogP contribution < -0.4 is 17.4 Å². The topological polar surface area (TPSA) is 173 Å². The third kappa shape index (κ3) is 12.1. The van der Waals surface area contributed by atoms with E-state index < -0.39 is 18.0 Å². The Bertz CT molecular complexity index is 376. The second-order valence-corrected chi connectivity index (χ2v) is 3.33. The molecule has 8 nitrogen and oxygen atoms in total. The van der Waals surface area contributed by atoms with Gasteiger partial charge in [0.1, 0.15) is 11.8 Å². The molecule has 1 aromatic rings. The van der Waals surface area contributed by atoms with Crippen molar-refractivity contribution in [2.45, 2.75) is 19.4 Å². The van der Waals surface area contributed by atoms with Crippen LogP contribution in [0.25, 0.3) is 0 Å². The minimum absolute atomic E-state index is 0.160. The van der Waals surface area contributed by atoms with Gasteiger partial charge in [-0.1, -0.05) is 12.1 Å². The molecule has 0 aliphatic heterocycles. The van der Waals surface area contributed by atoms with Gasteiger partial charge in [-0.2, -0.15) is 0 Å². The molecule has 0 fully saturated rings. The molecule has 1 aromatic carbocycles. The number of phenolic OH excluding ortho intramolecular Hbond substituents is 1. The van der Waals surface area contributed by atoms with E-state index in [0.717, 1.165) is 12.5 Å². The lowest BCUT2D eigenvalue weighted by Gasteiger charge is -2.05. The van der Waals surface area contributed by atoms with Gasteiger partial charge >= 0.3 is 5.97 Å². The second kappa shape index (κ2) is 11.0. The highest BCUT2D eigenvalue weighted by atomic mass is 16.4. The van der Waals surface area contributed by atoms with Gasteiger partial charge in [0.05, 0.1) is 0 Å². The highest BCUT2D eigenvalue weighted by Crippen LogP contribution is 2.10. The first-order chi connectivity index (χ1) is 8.82. The molecule has 0 saturated heterocycles. The monoisotopic (exact) mass is 273 g/mol. The van der Waals surface area contributed by atoms with Gasteiger partial charge in [0.15, 0.2) is 0 Å². The van der Waals surface area contributed by atoms with Crippen molar-refractivity contribution in [3.05, 3.63) is 29.8 Å². The maximum absolute atomic E-state index is 10.4. The Kier molecular flexibility index (Phi) is 11.1. The van der Waals surface area contributed by atoms with Gasteiger partial charge in [0.25, 0.3) is 5.97 Å². The van der Waals surface area contributed by atoms with Crippen molar-refractivity contribution in [3.63, 3.8) is 0 Å². The van der Waals surface area contributed by atoms with Crippen molar-refractivity contribution < 1.29 is 24.9 Å².